The molecule has 1 heterocycles. The van der Waals surface area contributed by atoms with Gasteiger partial charge in [-0.05, 0) is 23.8 Å². The number of hydrogen-bond acceptors (Lipinski definition) is 6. The third-order valence-corrected chi connectivity index (χ3v) is 3.94. The molecule has 9 heteroatoms. The summed E-state index contributed by atoms with van der Waals surface area (Å²) in [4.78, 5) is 8.50. The van der Waals surface area contributed by atoms with Crippen LogP contribution in [-0.4, -0.2) is 24.2 Å². The zero-order valence-corrected chi connectivity index (χ0v) is 14.6. The molecular weight excluding hydrogens is 361 g/mol. The van der Waals surface area contributed by atoms with Gasteiger partial charge in [-0.1, -0.05) is 12.1 Å². The molecule has 0 fully saturated rings. The molecular formula is C18H17F3N4O2. The van der Waals surface area contributed by atoms with Crippen LogP contribution in [0, 0.1) is 0 Å². The Bertz CT molecular complexity index is 977. The van der Waals surface area contributed by atoms with Crippen molar-refractivity contribution in [3.8, 4) is 11.5 Å². The van der Waals surface area contributed by atoms with Crippen molar-refractivity contribution in [2.24, 2.45) is 0 Å². The molecule has 0 unspecified atom stereocenters. The highest BCUT2D eigenvalue weighted by atomic mass is 19.4. The van der Waals surface area contributed by atoms with Crippen LogP contribution in [0.4, 0.5) is 24.9 Å². The molecule has 1 aromatic heterocycles. The predicted molar refractivity (Wildman–Crippen MR) is 95.8 cm³/mol. The number of benzene rings is 2. The van der Waals surface area contributed by atoms with Crippen LogP contribution in [0.25, 0.3) is 10.9 Å². The van der Waals surface area contributed by atoms with Crippen LogP contribution in [0.15, 0.2) is 36.4 Å². The molecule has 0 aliphatic heterocycles. The lowest BCUT2D eigenvalue weighted by Gasteiger charge is -2.12. The minimum Gasteiger partial charge on any atom is -0.493 e. The second-order valence-electron chi connectivity index (χ2n) is 5.71. The molecule has 0 bridgehead atoms. The first-order valence-corrected chi connectivity index (χ1v) is 7.91. The fourth-order valence-electron chi connectivity index (χ4n) is 2.60. The normalized spacial score (nSPS) is 11.4. The van der Waals surface area contributed by atoms with Gasteiger partial charge in [0.2, 0.25) is 5.95 Å². The van der Waals surface area contributed by atoms with Crippen molar-refractivity contribution in [2.45, 2.75) is 12.7 Å². The number of nitrogen functional groups attached to an aromatic ring is 1. The fraction of sp³-hybridized carbons (Fsp3) is 0.222. The van der Waals surface area contributed by atoms with Crippen molar-refractivity contribution >= 4 is 22.7 Å². The third-order valence-electron chi connectivity index (χ3n) is 3.94. The lowest BCUT2D eigenvalue weighted by Crippen LogP contribution is -2.08. The summed E-state index contributed by atoms with van der Waals surface area (Å²) in [6.45, 7) is 0.113. The number of aromatic nitrogens is 2. The first-order chi connectivity index (χ1) is 12.8. The van der Waals surface area contributed by atoms with Gasteiger partial charge in [-0.25, -0.2) is 4.98 Å². The zero-order chi connectivity index (χ0) is 19.6. The van der Waals surface area contributed by atoms with Crippen molar-refractivity contribution < 1.29 is 22.6 Å². The topological polar surface area (TPSA) is 82.3 Å². The number of nitrogens with one attached hydrogen (secondary N) is 1. The Kier molecular flexibility index (Phi) is 4.93. The predicted octanol–water partition coefficient (Wildman–Crippen LogP) is 3.86. The van der Waals surface area contributed by atoms with E-state index >= 15 is 0 Å². The molecule has 2 aromatic carbocycles. The maximum absolute atomic E-state index is 12.8. The molecule has 0 radical (unpaired) electrons. The molecule has 0 saturated carbocycles. The number of fused-ring (bicyclic) bond motifs is 1. The maximum atomic E-state index is 12.8. The van der Waals surface area contributed by atoms with Crippen LogP contribution >= 0.6 is 0 Å². The van der Waals surface area contributed by atoms with E-state index in [4.69, 9.17) is 15.2 Å². The number of hydrogen-bond donors (Lipinski definition) is 2. The van der Waals surface area contributed by atoms with Gasteiger partial charge in [0.25, 0.3) is 0 Å². The van der Waals surface area contributed by atoms with E-state index in [1.807, 2.05) is 0 Å². The summed E-state index contributed by atoms with van der Waals surface area (Å²) in [5.74, 6) is 1.38. The van der Waals surface area contributed by atoms with E-state index in [0.717, 1.165) is 12.1 Å². The molecule has 3 N–H and O–H groups in total. The number of methoxy groups -OCH3 is 2. The van der Waals surface area contributed by atoms with Gasteiger partial charge in [0.15, 0.2) is 11.5 Å². The largest absolute Gasteiger partial charge is 0.493 e. The van der Waals surface area contributed by atoms with Crippen LogP contribution in [0.5, 0.6) is 11.5 Å². The van der Waals surface area contributed by atoms with Gasteiger partial charge in [0.1, 0.15) is 5.82 Å². The Morgan fingerprint density at radius 3 is 2.41 bits per heavy atom. The zero-order valence-electron chi connectivity index (χ0n) is 14.6. The smallest absolute Gasteiger partial charge is 0.416 e. The molecule has 142 valence electrons. The molecule has 3 rings (SSSR count). The molecule has 6 nitrogen and oxygen atoms in total. The van der Waals surface area contributed by atoms with Crippen molar-refractivity contribution in [3.63, 3.8) is 0 Å². The third kappa shape index (κ3) is 3.97. The van der Waals surface area contributed by atoms with E-state index in [1.54, 1.807) is 18.2 Å². The summed E-state index contributed by atoms with van der Waals surface area (Å²) in [7, 11) is 3.01. The number of nitrogens with zero attached hydrogens (tertiary/aromatic N) is 2. The average Bonchev–Trinajstić information content (AvgIpc) is 2.65. The Morgan fingerprint density at radius 2 is 1.74 bits per heavy atom. The minimum atomic E-state index is -4.39. The lowest BCUT2D eigenvalue weighted by molar-refractivity contribution is -0.137. The summed E-state index contributed by atoms with van der Waals surface area (Å²) in [5, 5.41) is 3.48. The van der Waals surface area contributed by atoms with E-state index in [9.17, 15) is 13.2 Å². The van der Waals surface area contributed by atoms with Gasteiger partial charge in [-0.15, -0.1) is 0 Å². The van der Waals surface area contributed by atoms with Crippen molar-refractivity contribution in [1.82, 2.24) is 9.97 Å². The quantitative estimate of drug-likeness (QED) is 0.702. The monoisotopic (exact) mass is 378 g/mol. The number of halogens is 3. The van der Waals surface area contributed by atoms with Gasteiger partial charge in [0.05, 0.1) is 25.3 Å². The van der Waals surface area contributed by atoms with E-state index in [1.165, 1.54) is 20.3 Å². The minimum absolute atomic E-state index is 0.113. The molecule has 0 amide bonds. The van der Waals surface area contributed by atoms with Crippen molar-refractivity contribution in [2.75, 3.05) is 25.3 Å². The standard InChI is InChI=1S/C18H17F3N4O2/c1-26-14-7-12-13(8-15(14)27-2)24-17(25-16(12)22)23-9-10-4-3-5-11(6-10)18(19,20)21/h3-8H,9H2,1-2H3,(H3,22,23,24,25). The number of anilines is 2. The van der Waals surface area contributed by atoms with Crippen LogP contribution in [-0.2, 0) is 12.7 Å². The highest BCUT2D eigenvalue weighted by Crippen LogP contribution is 2.34. The number of alkyl halides is 3. The second kappa shape index (κ2) is 7.18. The Morgan fingerprint density at radius 1 is 1.04 bits per heavy atom. The van der Waals surface area contributed by atoms with E-state index < -0.39 is 11.7 Å². The first kappa shape index (κ1) is 18.6. The number of nitrogens with two attached hydrogens (primary N) is 1. The molecule has 0 spiro atoms. The average molecular weight is 378 g/mol. The lowest BCUT2D eigenvalue weighted by atomic mass is 10.1. The Balaban J connectivity index is 1.87. The maximum Gasteiger partial charge on any atom is 0.416 e. The second-order valence-corrected chi connectivity index (χ2v) is 5.71. The molecule has 0 saturated heterocycles. The van der Waals surface area contributed by atoms with Crippen LogP contribution < -0.4 is 20.5 Å². The van der Waals surface area contributed by atoms with Crippen molar-refractivity contribution in [3.05, 3.63) is 47.5 Å². The Labute approximate surface area is 153 Å². The molecule has 3 aromatic rings. The summed E-state index contributed by atoms with van der Waals surface area (Å²) in [6.07, 6.45) is -4.39. The van der Waals surface area contributed by atoms with E-state index in [-0.39, 0.29) is 18.3 Å². The summed E-state index contributed by atoms with van der Waals surface area (Å²) in [6, 6.07) is 8.36. The Hall–Kier alpha value is -3.23. The van der Waals surface area contributed by atoms with Crippen LogP contribution in [0.2, 0.25) is 0 Å². The van der Waals surface area contributed by atoms with E-state index in [0.29, 0.717) is 28.0 Å². The highest BCUT2D eigenvalue weighted by molar-refractivity contribution is 5.91. The van der Waals surface area contributed by atoms with Gasteiger partial charge in [0, 0.05) is 18.0 Å². The molecule has 0 aliphatic carbocycles. The fourth-order valence-corrected chi connectivity index (χ4v) is 2.60. The van der Waals surface area contributed by atoms with Crippen LogP contribution in [0.3, 0.4) is 0 Å². The van der Waals surface area contributed by atoms with Crippen molar-refractivity contribution in [1.29, 1.82) is 0 Å². The van der Waals surface area contributed by atoms with Crippen LogP contribution in [0.1, 0.15) is 11.1 Å². The molecule has 0 aliphatic rings. The van der Waals surface area contributed by atoms with Gasteiger partial charge in [-0.2, -0.15) is 18.2 Å². The number of ether oxygens (including phenoxy) is 2. The number of rotatable bonds is 5. The molecule has 0 atom stereocenters. The first-order valence-electron chi connectivity index (χ1n) is 7.91. The summed E-state index contributed by atoms with van der Waals surface area (Å²) < 4.78 is 48.9. The van der Waals surface area contributed by atoms with E-state index in [2.05, 4.69) is 15.3 Å². The van der Waals surface area contributed by atoms with Gasteiger partial charge in [-0.3, -0.25) is 0 Å². The highest BCUT2D eigenvalue weighted by Gasteiger charge is 2.30. The SMILES string of the molecule is COc1cc2nc(NCc3cccc(C(F)(F)F)c3)nc(N)c2cc1OC. The van der Waals surface area contributed by atoms with Gasteiger partial charge >= 0.3 is 6.18 Å². The molecule has 27 heavy (non-hydrogen) atoms. The summed E-state index contributed by atoms with van der Waals surface area (Å²) >= 11 is 0. The van der Waals surface area contributed by atoms with Gasteiger partial charge < -0.3 is 20.5 Å². The summed E-state index contributed by atoms with van der Waals surface area (Å²) in [5.41, 5.74) is 6.24.